The number of urea groups is 1. The van der Waals surface area contributed by atoms with Crippen LogP contribution in [0, 0.1) is 0 Å². The van der Waals surface area contributed by atoms with Gasteiger partial charge in [-0.15, -0.1) is 0 Å². The smallest absolute Gasteiger partial charge is 0.338 e. The number of nitrogens with one attached hydrogen (secondary N) is 3. The van der Waals surface area contributed by atoms with Crippen molar-refractivity contribution < 1.29 is 23.8 Å². The van der Waals surface area contributed by atoms with Gasteiger partial charge in [0.15, 0.2) is 0 Å². The molecule has 0 aliphatic heterocycles. The second-order valence-corrected chi connectivity index (χ2v) is 7.29. The Morgan fingerprint density at radius 3 is 2.19 bits per heavy atom. The molecule has 2 aromatic carbocycles. The first kappa shape index (κ1) is 22.3. The van der Waals surface area contributed by atoms with Gasteiger partial charge >= 0.3 is 12.0 Å². The maximum absolute atomic E-state index is 12.1. The number of hydrogen-bond acceptors (Lipinski definition) is 6. The molecule has 2 aromatic rings. The lowest BCUT2D eigenvalue weighted by Gasteiger charge is -2.29. The molecule has 166 valence electrons. The van der Waals surface area contributed by atoms with Crippen LogP contribution in [-0.4, -0.2) is 37.9 Å². The Morgan fingerprint density at radius 1 is 0.935 bits per heavy atom. The summed E-state index contributed by atoms with van der Waals surface area (Å²) in [5.41, 5.74) is 6.80. The van der Waals surface area contributed by atoms with E-state index < -0.39 is 0 Å². The van der Waals surface area contributed by atoms with Gasteiger partial charge in [-0.05, 0) is 81.1 Å². The van der Waals surface area contributed by atoms with Gasteiger partial charge in [0.2, 0.25) is 0 Å². The van der Waals surface area contributed by atoms with Gasteiger partial charge in [-0.1, -0.05) is 0 Å². The Hall–Kier alpha value is -3.42. The molecule has 1 fully saturated rings. The molecule has 1 aliphatic carbocycles. The van der Waals surface area contributed by atoms with Crippen LogP contribution < -0.4 is 25.6 Å². The molecule has 8 nitrogen and oxygen atoms in total. The summed E-state index contributed by atoms with van der Waals surface area (Å²) in [5, 5.41) is 2.98. The van der Waals surface area contributed by atoms with E-state index >= 15 is 0 Å². The van der Waals surface area contributed by atoms with E-state index in [9.17, 15) is 9.59 Å². The van der Waals surface area contributed by atoms with Crippen LogP contribution in [0.1, 0.15) is 43.0 Å². The fourth-order valence-electron chi connectivity index (χ4n) is 3.43. The molecule has 0 radical (unpaired) electrons. The van der Waals surface area contributed by atoms with Crippen LogP contribution in [0.3, 0.4) is 0 Å². The molecule has 2 amide bonds. The van der Waals surface area contributed by atoms with Gasteiger partial charge in [0.1, 0.15) is 11.5 Å². The number of amides is 2. The van der Waals surface area contributed by atoms with Crippen molar-refractivity contribution in [2.24, 2.45) is 0 Å². The quantitative estimate of drug-likeness (QED) is 0.437. The molecule has 0 aromatic heterocycles. The summed E-state index contributed by atoms with van der Waals surface area (Å²) in [4.78, 5) is 23.8. The third-order valence-electron chi connectivity index (χ3n) is 5.09. The van der Waals surface area contributed by atoms with Crippen LogP contribution in [0.2, 0.25) is 0 Å². The van der Waals surface area contributed by atoms with E-state index in [1.807, 2.05) is 24.3 Å². The lowest BCUT2D eigenvalue weighted by atomic mass is 9.93. The molecular weight excluding hydrogens is 398 g/mol. The highest BCUT2D eigenvalue weighted by atomic mass is 16.5. The number of carbonyl (C=O) groups excluding carboxylic acids is 2. The van der Waals surface area contributed by atoms with Gasteiger partial charge in [-0.25, -0.2) is 9.59 Å². The minimum Gasteiger partial charge on any atom is -0.497 e. The van der Waals surface area contributed by atoms with E-state index in [4.69, 9.17) is 14.2 Å². The standard InChI is InChI=1S/C23H29N3O5/c1-3-30-22(27)16-4-10-20(11-5-16)31-21-14-6-17(7-15-21)24-23(28)26-25-18-8-12-19(29-2)13-9-18/h4-5,8-13,17,21,25H,3,6-7,14-15H2,1-2H3,(H2,24,26,28). The molecule has 3 N–H and O–H groups in total. The van der Waals surface area contributed by atoms with Crippen molar-refractivity contribution in [1.29, 1.82) is 0 Å². The Bertz CT molecular complexity index is 847. The van der Waals surface area contributed by atoms with Crippen molar-refractivity contribution in [3.63, 3.8) is 0 Å². The largest absolute Gasteiger partial charge is 0.497 e. The van der Waals surface area contributed by atoms with Crippen molar-refractivity contribution >= 4 is 17.7 Å². The number of hydrazine groups is 1. The monoisotopic (exact) mass is 427 g/mol. The van der Waals surface area contributed by atoms with Gasteiger partial charge in [0.05, 0.1) is 31.1 Å². The fourth-order valence-corrected chi connectivity index (χ4v) is 3.43. The summed E-state index contributed by atoms with van der Waals surface area (Å²) >= 11 is 0. The maximum Gasteiger partial charge on any atom is 0.338 e. The first-order chi connectivity index (χ1) is 15.1. The fraction of sp³-hybridized carbons (Fsp3) is 0.391. The summed E-state index contributed by atoms with van der Waals surface area (Å²) < 4.78 is 16.1. The molecule has 0 unspecified atom stereocenters. The molecule has 0 spiro atoms. The van der Waals surface area contributed by atoms with Crippen LogP contribution in [0.4, 0.5) is 10.5 Å². The number of carbonyl (C=O) groups is 2. The summed E-state index contributed by atoms with van der Waals surface area (Å²) in [6, 6.07) is 14.1. The van der Waals surface area contributed by atoms with Crippen LogP contribution in [0.25, 0.3) is 0 Å². The summed E-state index contributed by atoms with van der Waals surface area (Å²) in [5.74, 6) is 1.15. The zero-order valence-corrected chi connectivity index (χ0v) is 17.9. The number of rotatable bonds is 8. The second kappa shape index (κ2) is 11.1. The SMILES string of the molecule is CCOC(=O)c1ccc(OC2CCC(NC(=O)NNc3ccc(OC)cc3)CC2)cc1. The zero-order chi connectivity index (χ0) is 22.1. The molecule has 3 rings (SSSR count). The minimum atomic E-state index is -0.333. The lowest BCUT2D eigenvalue weighted by Crippen LogP contribution is -2.46. The van der Waals surface area contributed by atoms with Crippen LogP contribution in [-0.2, 0) is 4.74 Å². The lowest BCUT2D eigenvalue weighted by molar-refractivity contribution is 0.0526. The molecule has 0 saturated heterocycles. The first-order valence-electron chi connectivity index (χ1n) is 10.5. The van der Waals surface area contributed by atoms with Crippen LogP contribution >= 0.6 is 0 Å². The van der Waals surface area contributed by atoms with Gasteiger partial charge in [-0.2, -0.15) is 0 Å². The highest BCUT2D eigenvalue weighted by Gasteiger charge is 2.23. The average molecular weight is 428 g/mol. The molecule has 8 heteroatoms. The van der Waals surface area contributed by atoms with E-state index in [2.05, 4.69) is 16.2 Å². The molecule has 0 bridgehead atoms. The van der Waals surface area contributed by atoms with Gasteiger partial charge in [-0.3, -0.25) is 10.9 Å². The summed E-state index contributed by atoms with van der Waals surface area (Å²) in [6.07, 6.45) is 3.45. The van der Waals surface area contributed by atoms with E-state index in [-0.39, 0.29) is 24.1 Å². The summed E-state index contributed by atoms with van der Waals surface area (Å²) in [7, 11) is 1.61. The van der Waals surface area contributed by atoms with Gasteiger partial charge in [0, 0.05) is 6.04 Å². The number of benzene rings is 2. The van der Waals surface area contributed by atoms with Crippen LogP contribution in [0.15, 0.2) is 48.5 Å². The number of anilines is 1. The number of esters is 1. The Labute approximate surface area is 182 Å². The average Bonchev–Trinajstić information content (AvgIpc) is 2.80. The Morgan fingerprint density at radius 2 is 1.58 bits per heavy atom. The van der Waals surface area contributed by atoms with E-state index in [0.717, 1.165) is 42.9 Å². The third kappa shape index (κ3) is 6.80. The van der Waals surface area contributed by atoms with Crippen molar-refractivity contribution in [2.75, 3.05) is 19.1 Å². The molecule has 1 saturated carbocycles. The van der Waals surface area contributed by atoms with E-state index in [1.54, 1.807) is 38.3 Å². The highest BCUT2D eigenvalue weighted by molar-refractivity contribution is 5.89. The van der Waals surface area contributed by atoms with Crippen LogP contribution in [0.5, 0.6) is 11.5 Å². The number of methoxy groups -OCH3 is 1. The predicted octanol–water partition coefficient (Wildman–Crippen LogP) is 3.89. The Kier molecular flexibility index (Phi) is 7.98. The van der Waals surface area contributed by atoms with Crippen molar-refractivity contribution in [3.8, 4) is 11.5 Å². The predicted molar refractivity (Wildman–Crippen MR) is 117 cm³/mol. The molecular formula is C23H29N3O5. The number of ether oxygens (including phenoxy) is 3. The van der Waals surface area contributed by atoms with Crippen molar-refractivity contribution in [3.05, 3.63) is 54.1 Å². The zero-order valence-electron chi connectivity index (χ0n) is 17.9. The highest BCUT2D eigenvalue weighted by Crippen LogP contribution is 2.24. The van der Waals surface area contributed by atoms with Gasteiger partial charge in [0.25, 0.3) is 0 Å². The minimum absolute atomic E-state index is 0.0898. The van der Waals surface area contributed by atoms with E-state index in [1.165, 1.54) is 0 Å². The second-order valence-electron chi connectivity index (χ2n) is 7.29. The van der Waals surface area contributed by atoms with Crippen molar-refractivity contribution in [2.45, 2.75) is 44.8 Å². The topological polar surface area (TPSA) is 97.9 Å². The molecule has 31 heavy (non-hydrogen) atoms. The third-order valence-corrected chi connectivity index (χ3v) is 5.09. The Balaban J connectivity index is 1.37. The van der Waals surface area contributed by atoms with Crippen molar-refractivity contribution in [1.82, 2.24) is 10.7 Å². The normalized spacial score (nSPS) is 17.9. The van der Waals surface area contributed by atoms with Gasteiger partial charge < -0.3 is 19.5 Å². The molecule has 1 aliphatic rings. The first-order valence-corrected chi connectivity index (χ1v) is 10.5. The maximum atomic E-state index is 12.1. The summed E-state index contributed by atoms with van der Waals surface area (Å²) in [6.45, 7) is 2.13. The molecule has 0 heterocycles. The number of hydrogen-bond donors (Lipinski definition) is 3. The van der Waals surface area contributed by atoms with E-state index in [0.29, 0.717) is 12.2 Å². The molecule has 0 atom stereocenters.